The van der Waals surface area contributed by atoms with Crippen molar-refractivity contribution < 1.29 is 5.11 Å². The number of nitrogens with one attached hydrogen (secondary N) is 1. The van der Waals surface area contributed by atoms with Gasteiger partial charge >= 0.3 is 0 Å². The van der Waals surface area contributed by atoms with Gasteiger partial charge in [0, 0.05) is 12.6 Å². The van der Waals surface area contributed by atoms with Gasteiger partial charge in [-0.25, -0.2) is 0 Å². The lowest BCUT2D eigenvalue weighted by Gasteiger charge is -2.12. The summed E-state index contributed by atoms with van der Waals surface area (Å²) in [5, 5.41) is 12.0. The number of rotatable bonds is 5. The summed E-state index contributed by atoms with van der Waals surface area (Å²) < 4.78 is 0. The second-order valence-electron chi connectivity index (χ2n) is 2.68. The maximum absolute atomic E-state index is 8.88. The quantitative estimate of drug-likeness (QED) is 0.561. The number of aliphatic hydroxyl groups excluding tert-OH is 1. The van der Waals surface area contributed by atoms with E-state index in [1.807, 2.05) is 6.08 Å². The largest absolute Gasteiger partial charge is 0.392 e. The Morgan fingerprint density at radius 3 is 2.60 bits per heavy atom. The molecule has 0 fully saturated rings. The summed E-state index contributed by atoms with van der Waals surface area (Å²) in [4.78, 5) is 0. The average Bonchev–Trinajstić information content (AvgIpc) is 1.85. The van der Waals surface area contributed by atoms with Crippen LogP contribution >= 0.6 is 0 Å². The molecule has 60 valence electrons. The summed E-state index contributed by atoms with van der Waals surface area (Å²) in [6.07, 6.45) is 2.57. The van der Waals surface area contributed by atoms with Crippen molar-refractivity contribution in [3.63, 3.8) is 0 Å². The Morgan fingerprint density at radius 2 is 2.20 bits per heavy atom. The Labute approximate surface area is 62.9 Å². The van der Waals surface area contributed by atoms with Crippen LogP contribution in [0.3, 0.4) is 0 Å². The molecule has 2 N–H and O–H groups in total. The summed E-state index contributed by atoms with van der Waals surface area (Å²) in [7, 11) is 0. The van der Waals surface area contributed by atoms with E-state index in [2.05, 4.69) is 18.8 Å². The lowest BCUT2D eigenvalue weighted by atomic mass is 10.2. The Hall–Kier alpha value is -0.340. The first kappa shape index (κ1) is 9.66. The van der Waals surface area contributed by atoms with Gasteiger partial charge < -0.3 is 10.4 Å². The molecular formula is C8H17NO. The molecule has 0 bridgehead atoms. The first-order valence-corrected chi connectivity index (χ1v) is 3.69. The minimum atomic E-state index is -0.257. The SMILES string of the molecule is C=CCC(C)NC[C@@H](C)O. The Balaban J connectivity index is 3.20. The second kappa shape index (κ2) is 5.45. The van der Waals surface area contributed by atoms with Crippen molar-refractivity contribution in [3.8, 4) is 0 Å². The molecule has 2 nitrogen and oxygen atoms in total. The van der Waals surface area contributed by atoms with E-state index >= 15 is 0 Å². The fourth-order valence-electron chi connectivity index (χ4n) is 0.705. The van der Waals surface area contributed by atoms with Crippen molar-refractivity contribution >= 4 is 0 Å². The van der Waals surface area contributed by atoms with E-state index in [0.29, 0.717) is 12.6 Å². The summed E-state index contributed by atoms with van der Waals surface area (Å²) in [5.74, 6) is 0. The van der Waals surface area contributed by atoms with E-state index in [-0.39, 0.29) is 6.10 Å². The second-order valence-corrected chi connectivity index (χ2v) is 2.68. The zero-order valence-corrected chi connectivity index (χ0v) is 6.80. The van der Waals surface area contributed by atoms with Gasteiger partial charge in [-0.3, -0.25) is 0 Å². The van der Waals surface area contributed by atoms with E-state index in [0.717, 1.165) is 6.42 Å². The fraction of sp³-hybridized carbons (Fsp3) is 0.750. The molecule has 0 aromatic rings. The van der Waals surface area contributed by atoms with Crippen molar-refractivity contribution in [2.75, 3.05) is 6.54 Å². The van der Waals surface area contributed by atoms with Gasteiger partial charge in [-0.1, -0.05) is 6.08 Å². The summed E-state index contributed by atoms with van der Waals surface area (Å²) in [6.45, 7) is 8.13. The molecule has 0 heterocycles. The van der Waals surface area contributed by atoms with Crippen molar-refractivity contribution in [1.29, 1.82) is 0 Å². The molecule has 0 rings (SSSR count). The number of aliphatic hydroxyl groups is 1. The van der Waals surface area contributed by atoms with E-state index < -0.39 is 0 Å². The smallest absolute Gasteiger partial charge is 0.0636 e. The lowest BCUT2D eigenvalue weighted by molar-refractivity contribution is 0.187. The Kier molecular flexibility index (Phi) is 5.26. The molecular weight excluding hydrogens is 126 g/mol. The van der Waals surface area contributed by atoms with Crippen LogP contribution in [-0.4, -0.2) is 23.8 Å². The van der Waals surface area contributed by atoms with Gasteiger partial charge in [0.1, 0.15) is 0 Å². The van der Waals surface area contributed by atoms with Gasteiger partial charge in [0.25, 0.3) is 0 Å². The number of hydrogen-bond acceptors (Lipinski definition) is 2. The summed E-state index contributed by atoms with van der Waals surface area (Å²) in [5.41, 5.74) is 0. The van der Waals surface area contributed by atoms with Crippen molar-refractivity contribution in [1.82, 2.24) is 5.32 Å². The van der Waals surface area contributed by atoms with Gasteiger partial charge in [-0.15, -0.1) is 6.58 Å². The van der Waals surface area contributed by atoms with Crippen LogP contribution in [0.15, 0.2) is 12.7 Å². The van der Waals surface area contributed by atoms with Gasteiger partial charge in [-0.2, -0.15) is 0 Å². The predicted octanol–water partition coefficient (Wildman–Crippen LogP) is 0.921. The highest BCUT2D eigenvalue weighted by Crippen LogP contribution is 1.90. The lowest BCUT2D eigenvalue weighted by Crippen LogP contribution is -2.31. The third-order valence-corrected chi connectivity index (χ3v) is 1.28. The highest BCUT2D eigenvalue weighted by molar-refractivity contribution is 4.74. The highest BCUT2D eigenvalue weighted by atomic mass is 16.3. The van der Waals surface area contributed by atoms with E-state index in [1.165, 1.54) is 0 Å². The molecule has 10 heavy (non-hydrogen) atoms. The monoisotopic (exact) mass is 143 g/mol. The average molecular weight is 143 g/mol. The molecule has 0 aromatic heterocycles. The highest BCUT2D eigenvalue weighted by Gasteiger charge is 1.99. The molecule has 0 amide bonds. The van der Waals surface area contributed by atoms with Crippen molar-refractivity contribution in [2.45, 2.75) is 32.4 Å². The maximum atomic E-state index is 8.88. The molecule has 0 aromatic carbocycles. The van der Waals surface area contributed by atoms with Crippen LogP contribution < -0.4 is 5.32 Å². The molecule has 0 radical (unpaired) electrons. The normalized spacial score (nSPS) is 16.3. The predicted molar refractivity (Wildman–Crippen MR) is 44.0 cm³/mol. The molecule has 0 aliphatic heterocycles. The molecule has 0 saturated heterocycles. The molecule has 0 spiro atoms. The van der Waals surface area contributed by atoms with Crippen LogP contribution in [0.4, 0.5) is 0 Å². The molecule has 2 atom stereocenters. The van der Waals surface area contributed by atoms with Gasteiger partial charge in [0.2, 0.25) is 0 Å². The minimum Gasteiger partial charge on any atom is -0.392 e. The molecule has 1 unspecified atom stereocenters. The van der Waals surface area contributed by atoms with Crippen LogP contribution in [-0.2, 0) is 0 Å². The van der Waals surface area contributed by atoms with Crippen LogP contribution in [0.5, 0.6) is 0 Å². The topological polar surface area (TPSA) is 32.3 Å². The van der Waals surface area contributed by atoms with E-state index in [9.17, 15) is 0 Å². The first-order valence-electron chi connectivity index (χ1n) is 3.69. The first-order chi connectivity index (χ1) is 4.66. The third-order valence-electron chi connectivity index (χ3n) is 1.28. The van der Waals surface area contributed by atoms with Gasteiger partial charge in [-0.05, 0) is 20.3 Å². The molecule has 0 aliphatic carbocycles. The van der Waals surface area contributed by atoms with Gasteiger partial charge in [0.05, 0.1) is 6.10 Å². The number of hydrogen-bond donors (Lipinski definition) is 2. The third kappa shape index (κ3) is 5.79. The van der Waals surface area contributed by atoms with Gasteiger partial charge in [0.15, 0.2) is 0 Å². The van der Waals surface area contributed by atoms with E-state index in [1.54, 1.807) is 6.92 Å². The standard InChI is InChI=1S/C8H17NO/c1-4-5-7(2)9-6-8(3)10/h4,7-10H,1,5-6H2,2-3H3/t7?,8-/m1/s1. The zero-order chi connectivity index (χ0) is 7.98. The van der Waals surface area contributed by atoms with E-state index in [4.69, 9.17) is 5.11 Å². The van der Waals surface area contributed by atoms with Crippen molar-refractivity contribution in [2.24, 2.45) is 0 Å². The Bertz CT molecular complexity index is 91.3. The van der Waals surface area contributed by atoms with Crippen LogP contribution in [0.25, 0.3) is 0 Å². The Morgan fingerprint density at radius 1 is 1.60 bits per heavy atom. The minimum absolute atomic E-state index is 0.257. The molecule has 0 aliphatic rings. The molecule has 2 heteroatoms. The van der Waals surface area contributed by atoms with Crippen molar-refractivity contribution in [3.05, 3.63) is 12.7 Å². The maximum Gasteiger partial charge on any atom is 0.0636 e. The van der Waals surface area contributed by atoms with Crippen LogP contribution in [0, 0.1) is 0 Å². The zero-order valence-electron chi connectivity index (χ0n) is 6.80. The van der Waals surface area contributed by atoms with Crippen LogP contribution in [0.2, 0.25) is 0 Å². The van der Waals surface area contributed by atoms with Crippen LogP contribution in [0.1, 0.15) is 20.3 Å². The fourth-order valence-corrected chi connectivity index (χ4v) is 0.705. The summed E-state index contributed by atoms with van der Waals surface area (Å²) >= 11 is 0. The summed E-state index contributed by atoms with van der Waals surface area (Å²) in [6, 6.07) is 0.423. The molecule has 0 saturated carbocycles.